The number of amides is 2. The molecule has 3 rings (SSSR count). The van der Waals surface area contributed by atoms with Gasteiger partial charge in [-0.15, -0.1) is 0 Å². The van der Waals surface area contributed by atoms with E-state index in [1.54, 1.807) is 15.8 Å². The number of nitrogens with zero attached hydrogens (tertiary/aromatic N) is 3. The number of hydrogen-bond acceptors (Lipinski definition) is 4. The summed E-state index contributed by atoms with van der Waals surface area (Å²) in [7, 11) is 0. The number of carbonyl (C=O) groups excluding carboxylic acids is 1. The molecular weight excluding hydrogens is 308 g/mol. The number of nitrogens with one attached hydrogen (secondary N) is 1. The predicted octanol–water partition coefficient (Wildman–Crippen LogP) is 2.23. The van der Waals surface area contributed by atoms with Crippen LogP contribution >= 0.6 is 0 Å². The van der Waals surface area contributed by atoms with Gasteiger partial charge in [-0.05, 0) is 37.6 Å². The van der Waals surface area contributed by atoms with Gasteiger partial charge in [0.25, 0.3) is 0 Å². The summed E-state index contributed by atoms with van der Waals surface area (Å²) in [4.78, 5) is 14.2. The van der Waals surface area contributed by atoms with E-state index >= 15 is 0 Å². The minimum absolute atomic E-state index is 0.0109. The van der Waals surface area contributed by atoms with E-state index in [-0.39, 0.29) is 18.9 Å². The van der Waals surface area contributed by atoms with E-state index in [1.807, 2.05) is 44.3 Å². The maximum absolute atomic E-state index is 12.5. The standard InChI is InChI=1S/C17H22N4O3/c1-3-20(11-14-5-6-15-16(9-14)24-12-23-15)17(22)19-13(2)10-21-8-4-7-18-21/h4-9,13H,3,10-12H2,1-2H3,(H,19,22)/t13-/m1/s1. The van der Waals surface area contributed by atoms with Gasteiger partial charge in [0, 0.05) is 31.5 Å². The van der Waals surface area contributed by atoms with Crippen molar-refractivity contribution in [2.24, 2.45) is 0 Å². The zero-order valence-corrected chi connectivity index (χ0v) is 13.9. The van der Waals surface area contributed by atoms with Gasteiger partial charge in [-0.2, -0.15) is 5.10 Å². The van der Waals surface area contributed by atoms with Crippen molar-refractivity contribution in [1.82, 2.24) is 20.0 Å². The lowest BCUT2D eigenvalue weighted by molar-refractivity contribution is 0.173. The van der Waals surface area contributed by atoms with Crippen LogP contribution in [-0.2, 0) is 13.1 Å². The Morgan fingerprint density at radius 2 is 2.25 bits per heavy atom. The molecule has 1 N–H and O–H groups in total. The minimum Gasteiger partial charge on any atom is -0.454 e. The summed E-state index contributed by atoms with van der Waals surface area (Å²) in [6.45, 7) is 5.96. The lowest BCUT2D eigenvalue weighted by Crippen LogP contribution is -2.44. The monoisotopic (exact) mass is 330 g/mol. The van der Waals surface area contributed by atoms with E-state index in [0.717, 1.165) is 17.1 Å². The zero-order valence-electron chi connectivity index (χ0n) is 13.9. The summed E-state index contributed by atoms with van der Waals surface area (Å²) in [5.41, 5.74) is 1.01. The molecule has 1 atom stereocenters. The summed E-state index contributed by atoms with van der Waals surface area (Å²) < 4.78 is 12.5. The van der Waals surface area contributed by atoms with E-state index in [0.29, 0.717) is 19.6 Å². The first kappa shape index (κ1) is 16.2. The number of carbonyl (C=O) groups is 1. The minimum atomic E-state index is -0.0881. The van der Waals surface area contributed by atoms with Gasteiger partial charge in [-0.3, -0.25) is 4.68 Å². The highest BCUT2D eigenvalue weighted by molar-refractivity contribution is 5.74. The van der Waals surface area contributed by atoms with Crippen LogP contribution in [0.1, 0.15) is 19.4 Å². The van der Waals surface area contributed by atoms with Gasteiger partial charge in [0.1, 0.15) is 0 Å². The Bertz CT molecular complexity index is 687. The molecular formula is C17H22N4O3. The zero-order chi connectivity index (χ0) is 16.9. The predicted molar refractivity (Wildman–Crippen MR) is 88.9 cm³/mol. The third-order valence-electron chi connectivity index (χ3n) is 3.87. The second-order valence-electron chi connectivity index (χ2n) is 5.78. The van der Waals surface area contributed by atoms with Crippen LogP contribution in [0, 0.1) is 0 Å². The quantitative estimate of drug-likeness (QED) is 0.882. The Morgan fingerprint density at radius 1 is 1.42 bits per heavy atom. The van der Waals surface area contributed by atoms with Crippen molar-refractivity contribution >= 4 is 6.03 Å². The SMILES string of the molecule is CCN(Cc1ccc2c(c1)OCO2)C(=O)N[C@H](C)Cn1cccn1. The molecule has 1 aliphatic heterocycles. The van der Waals surface area contributed by atoms with Crippen molar-refractivity contribution in [1.29, 1.82) is 0 Å². The molecule has 0 spiro atoms. The lowest BCUT2D eigenvalue weighted by atomic mass is 10.2. The summed E-state index contributed by atoms with van der Waals surface area (Å²) in [5, 5.41) is 7.17. The Labute approximate surface area is 141 Å². The molecule has 128 valence electrons. The van der Waals surface area contributed by atoms with Crippen molar-refractivity contribution in [2.45, 2.75) is 33.0 Å². The van der Waals surface area contributed by atoms with E-state index in [4.69, 9.17) is 9.47 Å². The van der Waals surface area contributed by atoms with E-state index in [2.05, 4.69) is 10.4 Å². The molecule has 2 heterocycles. The fraction of sp³-hybridized carbons (Fsp3) is 0.412. The van der Waals surface area contributed by atoms with Gasteiger partial charge >= 0.3 is 6.03 Å². The highest BCUT2D eigenvalue weighted by atomic mass is 16.7. The highest BCUT2D eigenvalue weighted by Gasteiger charge is 2.18. The highest BCUT2D eigenvalue weighted by Crippen LogP contribution is 2.32. The second kappa shape index (κ2) is 7.25. The molecule has 7 nitrogen and oxygen atoms in total. The molecule has 0 bridgehead atoms. The van der Waals surface area contributed by atoms with Crippen molar-refractivity contribution < 1.29 is 14.3 Å². The molecule has 7 heteroatoms. The summed E-state index contributed by atoms with van der Waals surface area (Å²) in [5.74, 6) is 1.48. The van der Waals surface area contributed by atoms with Crippen LogP contribution in [0.4, 0.5) is 4.79 Å². The summed E-state index contributed by atoms with van der Waals surface area (Å²) in [6, 6.07) is 7.52. The van der Waals surface area contributed by atoms with Crippen LogP contribution in [0.5, 0.6) is 11.5 Å². The van der Waals surface area contributed by atoms with Gasteiger partial charge in [-0.1, -0.05) is 6.07 Å². The number of hydrogen-bond donors (Lipinski definition) is 1. The Morgan fingerprint density at radius 3 is 3.00 bits per heavy atom. The number of fused-ring (bicyclic) bond motifs is 1. The van der Waals surface area contributed by atoms with Gasteiger partial charge in [0.2, 0.25) is 6.79 Å². The van der Waals surface area contributed by atoms with Gasteiger partial charge in [0.15, 0.2) is 11.5 Å². The lowest BCUT2D eigenvalue weighted by Gasteiger charge is -2.24. The van der Waals surface area contributed by atoms with Crippen LogP contribution in [0.2, 0.25) is 0 Å². The van der Waals surface area contributed by atoms with Crippen molar-refractivity contribution in [3.8, 4) is 11.5 Å². The van der Waals surface area contributed by atoms with Gasteiger partial charge in [0.05, 0.1) is 6.54 Å². The fourth-order valence-corrected chi connectivity index (χ4v) is 2.62. The average molecular weight is 330 g/mol. The Kier molecular flexibility index (Phi) is 4.88. The average Bonchev–Trinajstić information content (AvgIpc) is 3.23. The third kappa shape index (κ3) is 3.79. The second-order valence-corrected chi connectivity index (χ2v) is 5.78. The largest absolute Gasteiger partial charge is 0.454 e. The number of urea groups is 1. The van der Waals surface area contributed by atoms with Crippen LogP contribution in [0.15, 0.2) is 36.7 Å². The first-order valence-electron chi connectivity index (χ1n) is 8.07. The van der Waals surface area contributed by atoms with Crippen LogP contribution in [0.25, 0.3) is 0 Å². The molecule has 0 aliphatic carbocycles. The van der Waals surface area contributed by atoms with E-state index in [9.17, 15) is 4.79 Å². The van der Waals surface area contributed by atoms with Crippen molar-refractivity contribution in [3.05, 3.63) is 42.2 Å². The molecule has 2 amide bonds. The molecule has 1 aromatic heterocycles. The number of aromatic nitrogens is 2. The molecule has 2 aromatic rings. The van der Waals surface area contributed by atoms with Crippen molar-refractivity contribution in [3.63, 3.8) is 0 Å². The maximum atomic E-state index is 12.5. The number of benzene rings is 1. The normalized spacial score (nSPS) is 13.6. The topological polar surface area (TPSA) is 68.6 Å². The van der Waals surface area contributed by atoms with Crippen LogP contribution in [-0.4, -0.2) is 40.1 Å². The molecule has 1 aromatic carbocycles. The Hall–Kier alpha value is -2.70. The van der Waals surface area contributed by atoms with E-state index in [1.165, 1.54) is 0 Å². The first-order valence-corrected chi connectivity index (χ1v) is 8.07. The maximum Gasteiger partial charge on any atom is 0.317 e. The molecule has 0 unspecified atom stereocenters. The van der Waals surface area contributed by atoms with Crippen LogP contribution < -0.4 is 14.8 Å². The van der Waals surface area contributed by atoms with Crippen molar-refractivity contribution in [2.75, 3.05) is 13.3 Å². The third-order valence-corrected chi connectivity index (χ3v) is 3.87. The van der Waals surface area contributed by atoms with Gasteiger partial charge < -0.3 is 19.7 Å². The first-order chi connectivity index (χ1) is 11.7. The molecule has 0 radical (unpaired) electrons. The molecule has 0 fully saturated rings. The number of ether oxygens (including phenoxy) is 2. The van der Waals surface area contributed by atoms with Crippen LogP contribution in [0.3, 0.4) is 0 Å². The smallest absolute Gasteiger partial charge is 0.317 e. The Balaban J connectivity index is 1.57. The summed E-state index contributed by atoms with van der Waals surface area (Å²) in [6.07, 6.45) is 3.61. The molecule has 0 saturated carbocycles. The number of rotatable bonds is 6. The van der Waals surface area contributed by atoms with E-state index < -0.39 is 0 Å². The molecule has 0 saturated heterocycles. The van der Waals surface area contributed by atoms with Gasteiger partial charge in [-0.25, -0.2) is 4.79 Å². The molecule has 1 aliphatic rings. The summed E-state index contributed by atoms with van der Waals surface area (Å²) >= 11 is 0. The fourth-order valence-electron chi connectivity index (χ4n) is 2.62. The molecule has 24 heavy (non-hydrogen) atoms.